The molecule has 3 aromatic rings. The van der Waals surface area contributed by atoms with E-state index in [-0.39, 0.29) is 5.91 Å². The Kier molecular flexibility index (Phi) is 5.46. The van der Waals surface area contributed by atoms with E-state index in [2.05, 4.69) is 20.1 Å². The quantitative estimate of drug-likeness (QED) is 0.492. The average Bonchev–Trinajstić information content (AvgIpc) is 3.15. The molecule has 25 heavy (non-hydrogen) atoms. The highest BCUT2D eigenvalue weighted by molar-refractivity contribution is 8.01. The van der Waals surface area contributed by atoms with Crippen LogP contribution in [0.4, 0.5) is 5.13 Å². The maximum atomic E-state index is 12.6. The van der Waals surface area contributed by atoms with Gasteiger partial charge in [-0.3, -0.25) is 10.1 Å². The van der Waals surface area contributed by atoms with Crippen LogP contribution in [0.2, 0.25) is 5.02 Å². The summed E-state index contributed by atoms with van der Waals surface area (Å²) in [6.45, 7) is 6.09. The summed E-state index contributed by atoms with van der Waals surface area (Å²) < 4.78 is 2.91. The van der Waals surface area contributed by atoms with Crippen LogP contribution in [0.15, 0.2) is 34.7 Å². The molecule has 1 N–H and O–H groups in total. The first kappa shape index (κ1) is 18.0. The number of nitrogens with zero attached hydrogens (tertiary/aromatic N) is 3. The first-order valence-corrected chi connectivity index (χ1v) is 9.90. The van der Waals surface area contributed by atoms with Crippen LogP contribution in [0.3, 0.4) is 0 Å². The van der Waals surface area contributed by atoms with E-state index in [0.29, 0.717) is 15.7 Å². The van der Waals surface area contributed by atoms with Gasteiger partial charge in [0.25, 0.3) is 5.91 Å². The molecule has 2 heterocycles. The minimum atomic E-state index is -0.293. The highest BCUT2D eigenvalue weighted by Gasteiger charge is 2.15. The molecule has 8 heteroatoms. The standard InChI is InChI=1S/C17H17ClN4OS2/c1-4-24-17-21-20-16(25-17)19-15(23)13-9-12(7-8-14(13)18)22-10(2)5-6-11(22)3/h5-9H,4H2,1-3H3,(H,19,20,23). The van der Waals surface area contributed by atoms with Crippen LogP contribution >= 0.6 is 34.7 Å². The molecule has 0 aliphatic carbocycles. The second-order valence-corrected chi connectivity index (χ2v) is 8.27. The van der Waals surface area contributed by atoms with Crippen molar-refractivity contribution < 1.29 is 4.79 Å². The topological polar surface area (TPSA) is 59.8 Å². The van der Waals surface area contributed by atoms with Crippen LogP contribution in [-0.2, 0) is 0 Å². The zero-order valence-electron chi connectivity index (χ0n) is 14.0. The minimum Gasteiger partial charge on any atom is -0.318 e. The Bertz CT molecular complexity index is 900. The van der Waals surface area contributed by atoms with Gasteiger partial charge < -0.3 is 4.57 Å². The molecule has 5 nitrogen and oxygen atoms in total. The number of nitrogens with one attached hydrogen (secondary N) is 1. The lowest BCUT2D eigenvalue weighted by molar-refractivity contribution is 0.102. The van der Waals surface area contributed by atoms with Gasteiger partial charge in [0.15, 0.2) is 4.34 Å². The summed E-state index contributed by atoms with van der Waals surface area (Å²) >= 11 is 9.19. The molecule has 0 radical (unpaired) electrons. The number of anilines is 1. The lowest BCUT2D eigenvalue weighted by Crippen LogP contribution is -2.13. The van der Waals surface area contributed by atoms with Gasteiger partial charge in [0.2, 0.25) is 5.13 Å². The number of amides is 1. The van der Waals surface area contributed by atoms with Crippen LogP contribution in [0.25, 0.3) is 5.69 Å². The molecule has 0 aliphatic heterocycles. The molecule has 0 aliphatic rings. The molecule has 3 rings (SSSR count). The SMILES string of the molecule is CCSc1nnc(NC(=O)c2cc(-n3c(C)ccc3C)ccc2Cl)s1. The molecule has 0 spiro atoms. The fraction of sp³-hybridized carbons (Fsp3) is 0.235. The summed E-state index contributed by atoms with van der Waals surface area (Å²) in [5.74, 6) is 0.616. The number of hydrogen-bond donors (Lipinski definition) is 1. The second-order valence-electron chi connectivity index (χ2n) is 5.38. The number of hydrogen-bond acceptors (Lipinski definition) is 5. The van der Waals surface area contributed by atoms with Crippen LogP contribution in [0, 0.1) is 13.8 Å². The van der Waals surface area contributed by atoms with Crippen LogP contribution in [0.5, 0.6) is 0 Å². The van der Waals surface area contributed by atoms with E-state index in [4.69, 9.17) is 11.6 Å². The van der Waals surface area contributed by atoms with Crippen molar-refractivity contribution >= 4 is 45.7 Å². The fourth-order valence-electron chi connectivity index (χ4n) is 2.51. The molecule has 0 fully saturated rings. The zero-order valence-corrected chi connectivity index (χ0v) is 16.4. The summed E-state index contributed by atoms with van der Waals surface area (Å²) in [6.07, 6.45) is 0. The molecule has 1 amide bonds. The van der Waals surface area contributed by atoms with Gasteiger partial charge in [-0.15, -0.1) is 10.2 Å². The first-order chi connectivity index (χ1) is 12.0. The van der Waals surface area contributed by atoms with Gasteiger partial charge in [-0.25, -0.2) is 0 Å². The third kappa shape index (κ3) is 3.89. The van der Waals surface area contributed by atoms with E-state index in [0.717, 1.165) is 27.2 Å². The predicted octanol–water partition coefficient (Wildman–Crippen LogP) is 4.96. The number of rotatable bonds is 5. The first-order valence-electron chi connectivity index (χ1n) is 7.72. The summed E-state index contributed by atoms with van der Waals surface area (Å²) in [6, 6.07) is 9.51. The largest absolute Gasteiger partial charge is 0.318 e. The number of thioether (sulfide) groups is 1. The van der Waals surface area contributed by atoms with E-state index in [9.17, 15) is 4.79 Å². The van der Waals surface area contributed by atoms with Crippen molar-refractivity contribution in [1.82, 2.24) is 14.8 Å². The number of aryl methyl sites for hydroxylation is 2. The molecule has 130 valence electrons. The molecule has 0 atom stereocenters. The van der Waals surface area contributed by atoms with E-state index < -0.39 is 0 Å². The lowest BCUT2D eigenvalue weighted by Gasteiger charge is -2.12. The molecular weight excluding hydrogens is 376 g/mol. The third-order valence-corrected chi connectivity index (χ3v) is 5.80. The van der Waals surface area contributed by atoms with Gasteiger partial charge in [0.05, 0.1) is 10.6 Å². The van der Waals surface area contributed by atoms with Gasteiger partial charge in [-0.2, -0.15) is 0 Å². The van der Waals surface area contributed by atoms with Crippen molar-refractivity contribution in [1.29, 1.82) is 0 Å². The Balaban J connectivity index is 1.88. The Morgan fingerprint density at radius 3 is 2.64 bits per heavy atom. The molecule has 0 saturated carbocycles. The maximum Gasteiger partial charge on any atom is 0.259 e. The second kappa shape index (κ2) is 7.59. The van der Waals surface area contributed by atoms with Gasteiger partial charge >= 0.3 is 0 Å². The van der Waals surface area contributed by atoms with Crippen LogP contribution < -0.4 is 5.32 Å². The zero-order chi connectivity index (χ0) is 18.0. The van der Waals surface area contributed by atoms with E-state index in [1.165, 1.54) is 11.3 Å². The number of carbonyl (C=O) groups excluding carboxylic acids is 1. The number of halogens is 1. The fourth-order valence-corrected chi connectivity index (χ4v) is 4.36. The molecule has 0 unspecified atom stereocenters. The minimum absolute atomic E-state index is 0.293. The van der Waals surface area contributed by atoms with Crippen molar-refractivity contribution in [2.75, 3.05) is 11.1 Å². The Hall–Kier alpha value is -1.83. The summed E-state index contributed by atoms with van der Waals surface area (Å²) in [5, 5.41) is 11.7. The summed E-state index contributed by atoms with van der Waals surface area (Å²) in [7, 11) is 0. The van der Waals surface area contributed by atoms with Crippen molar-refractivity contribution in [2.24, 2.45) is 0 Å². The van der Waals surface area contributed by atoms with Crippen molar-refractivity contribution in [3.05, 3.63) is 52.3 Å². The lowest BCUT2D eigenvalue weighted by atomic mass is 10.1. The predicted molar refractivity (Wildman–Crippen MR) is 105 cm³/mol. The van der Waals surface area contributed by atoms with Crippen molar-refractivity contribution in [3.63, 3.8) is 0 Å². The molecule has 2 aromatic heterocycles. The molecule has 0 bridgehead atoms. The highest BCUT2D eigenvalue weighted by Crippen LogP contribution is 2.27. The molecule has 0 saturated heterocycles. The smallest absolute Gasteiger partial charge is 0.259 e. The normalized spacial score (nSPS) is 10.9. The average molecular weight is 393 g/mol. The van der Waals surface area contributed by atoms with E-state index in [1.54, 1.807) is 23.9 Å². The number of benzene rings is 1. The Morgan fingerprint density at radius 2 is 1.96 bits per heavy atom. The Morgan fingerprint density at radius 1 is 1.24 bits per heavy atom. The summed E-state index contributed by atoms with van der Waals surface area (Å²) in [5.41, 5.74) is 3.49. The third-order valence-electron chi connectivity index (χ3n) is 3.62. The van der Waals surface area contributed by atoms with Crippen LogP contribution in [0.1, 0.15) is 28.7 Å². The highest BCUT2D eigenvalue weighted by atomic mass is 35.5. The van der Waals surface area contributed by atoms with Gasteiger partial charge in [-0.1, -0.05) is 41.6 Å². The monoisotopic (exact) mass is 392 g/mol. The number of carbonyl (C=O) groups is 1. The van der Waals surface area contributed by atoms with Gasteiger partial charge in [-0.05, 0) is 49.9 Å². The molecule has 1 aromatic carbocycles. The van der Waals surface area contributed by atoms with Crippen LogP contribution in [-0.4, -0.2) is 26.4 Å². The molecular formula is C17H17ClN4OS2. The van der Waals surface area contributed by atoms with E-state index in [1.807, 2.05) is 39.0 Å². The van der Waals surface area contributed by atoms with Gasteiger partial charge in [0, 0.05) is 17.1 Å². The maximum absolute atomic E-state index is 12.6. The van der Waals surface area contributed by atoms with E-state index >= 15 is 0 Å². The summed E-state index contributed by atoms with van der Waals surface area (Å²) in [4.78, 5) is 12.6. The van der Waals surface area contributed by atoms with Gasteiger partial charge in [0.1, 0.15) is 0 Å². The van der Waals surface area contributed by atoms with Crippen molar-refractivity contribution in [2.45, 2.75) is 25.1 Å². The van der Waals surface area contributed by atoms with Crippen molar-refractivity contribution in [3.8, 4) is 5.69 Å². The number of aromatic nitrogens is 3. The Labute approximate surface area is 159 Å².